The lowest BCUT2D eigenvalue weighted by molar-refractivity contribution is -0.134. The van der Waals surface area contributed by atoms with E-state index in [0.29, 0.717) is 11.8 Å². The molecule has 0 N–H and O–H groups in total. The van der Waals surface area contributed by atoms with Crippen molar-refractivity contribution in [3.8, 4) is 5.75 Å². The molecule has 0 aromatic heterocycles. The monoisotopic (exact) mass is 328 g/mol. The maximum atomic E-state index is 12.8. The quantitative estimate of drug-likeness (QED) is 0.852. The van der Waals surface area contributed by atoms with Gasteiger partial charge >= 0.3 is 0 Å². The minimum atomic E-state index is 0.166. The summed E-state index contributed by atoms with van der Waals surface area (Å²) in [5, 5.41) is 0. The standard InChI is InChI=1S/C20H28N2O2/c1-24-19-9-5-4-8-16(19)17-14-18(17)20(23)22-12-10-21(11-13-22)15-6-2-3-7-15/h4-5,8-9,15,17-18H,2-3,6-7,10-14H2,1H3/t17-,18-/m0/s1. The SMILES string of the molecule is COc1ccccc1[C@@H]1C[C@@H]1C(=O)N1CCN(C2CCCC2)CC1. The molecule has 4 nitrogen and oxygen atoms in total. The molecule has 1 aliphatic heterocycles. The molecule has 130 valence electrons. The summed E-state index contributed by atoms with van der Waals surface area (Å²) in [6, 6.07) is 8.91. The number of carbonyl (C=O) groups excluding carboxylic acids is 1. The molecule has 2 atom stereocenters. The summed E-state index contributed by atoms with van der Waals surface area (Å²) in [6.45, 7) is 3.93. The lowest BCUT2D eigenvalue weighted by atomic mass is 10.1. The van der Waals surface area contributed by atoms with Crippen LogP contribution in [0.3, 0.4) is 0 Å². The molecule has 1 heterocycles. The maximum absolute atomic E-state index is 12.8. The molecule has 2 saturated carbocycles. The Hall–Kier alpha value is -1.55. The molecule has 1 saturated heterocycles. The van der Waals surface area contributed by atoms with E-state index in [2.05, 4.69) is 15.9 Å². The lowest BCUT2D eigenvalue weighted by Gasteiger charge is -2.38. The molecular weight excluding hydrogens is 300 g/mol. The van der Waals surface area contributed by atoms with Crippen LogP contribution >= 0.6 is 0 Å². The third kappa shape index (κ3) is 3.04. The first-order valence-electron chi connectivity index (χ1n) is 9.43. The maximum Gasteiger partial charge on any atom is 0.226 e. The minimum Gasteiger partial charge on any atom is -0.496 e. The van der Waals surface area contributed by atoms with Gasteiger partial charge in [-0.1, -0.05) is 31.0 Å². The van der Waals surface area contributed by atoms with Crippen molar-refractivity contribution >= 4 is 5.91 Å². The predicted octanol–water partition coefficient (Wildman–Crippen LogP) is 2.89. The highest BCUT2D eigenvalue weighted by Crippen LogP contribution is 2.51. The number of methoxy groups -OCH3 is 1. The van der Waals surface area contributed by atoms with Gasteiger partial charge in [0, 0.05) is 38.1 Å². The average Bonchev–Trinajstić information content (AvgIpc) is 3.25. The zero-order chi connectivity index (χ0) is 16.5. The highest BCUT2D eigenvalue weighted by Gasteiger charge is 2.47. The number of amides is 1. The van der Waals surface area contributed by atoms with Crippen LogP contribution in [0, 0.1) is 5.92 Å². The fourth-order valence-electron chi connectivity index (χ4n) is 4.60. The number of hydrogen-bond acceptors (Lipinski definition) is 3. The van der Waals surface area contributed by atoms with Gasteiger partial charge in [0.15, 0.2) is 0 Å². The van der Waals surface area contributed by atoms with E-state index >= 15 is 0 Å². The average molecular weight is 328 g/mol. The Labute approximate surface area is 144 Å². The molecule has 3 aliphatic rings. The molecule has 3 fully saturated rings. The normalized spacial score (nSPS) is 28.1. The molecule has 0 radical (unpaired) electrons. The van der Waals surface area contributed by atoms with Crippen LogP contribution in [-0.4, -0.2) is 55.0 Å². The second-order valence-electron chi connectivity index (χ2n) is 7.49. The number of piperazine rings is 1. The number of para-hydroxylation sites is 1. The molecule has 4 heteroatoms. The van der Waals surface area contributed by atoms with Crippen LogP contribution in [0.25, 0.3) is 0 Å². The number of carbonyl (C=O) groups is 1. The van der Waals surface area contributed by atoms with Gasteiger partial charge in [0.2, 0.25) is 5.91 Å². The van der Waals surface area contributed by atoms with Crippen LogP contribution in [-0.2, 0) is 4.79 Å². The van der Waals surface area contributed by atoms with Crippen LogP contribution < -0.4 is 4.74 Å². The summed E-state index contributed by atoms with van der Waals surface area (Å²) in [4.78, 5) is 17.6. The van der Waals surface area contributed by atoms with E-state index in [0.717, 1.165) is 44.4 Å². The Morgan fingerprint density at radius 2 is 1.79 bits per heavy atom. The van der Waals surface area contributed by atoms with Crippen molar-refractivity contribution in [2.75, 3.05) is 33.3 Å². The van der Waals surface area contributed by atoms with Gasteiger partial charge in [-0.15, -0.1) is 0 Å². The zero-order valence-electron chi connectivity index (χ0n) is 14.6. The Balaban J connectivity index is 1.33. The van der Waals surface area contributed by atoms with Gasteiger partial charge in [0.05, 0.1) is 7.11 Å². The van der Waals surface area contributed by atoms with Gasteiger partial charge in [-0.3, -0.25) is 9.69 Å². The van der Waals surface area contributed by atoms with Crippen molar-refractivity contribution in [2.45, 2.75) is 44.1 Å². The third-order valence-corrected chi connectivity index (χ3v) is 6.11. The molecule has 1 aromatic rings. The van der Waals surface area contributed by atoms with Crippen molar-refractivity contribution in [2.24, 2.45) is 5.92 Å². The van der Waals surface area contributed by atoms with Crippen LogP contribution in [0.4, 0.5) is 0 Å². The molecule has 1 amide bonds. The van der Waals surface area contributed by atoms with E-state index in [1.54, 1.807) is 7.11 Å². The predicted molar refractivity (Wildman–Crippen MR) is 94.3 cm³/mol. The van der Waals surface area contributed by atoms with Crippen LogP contribution in [0.1, 0.15) is 43.6 Å². The first-order valence-corrected chi connectivity index (χ1v) is 9.43. The number of nitrogens with zero attached hydrogens (tertiary/aromatic N) is 2. The van der Waals surface area contributed by atoms with Crippen molar-refractivity contribution in [1.82, 2.24) is 9.80 Å². The lowest BCUT2D eigenvalue weighted by Crippen LogP contribution is -2.51. The van der Waals surface area contributed by atoms with Crippen molar-refractivity contribution in [3.63, 3.8) is 0 Å². The summed E-state index contributed by atoms with van der Waals surface area (Å²) in [6.07, 6.45) is 6.44. The molecule has 1 aromatic carbocycles. The third-order valence-electron chi connectivity index (χ3n) is 6.11. The van der Waals surface area contributed by atoms with E-state index < -0.39 is 0 Å². The largest absolute Gasteiger partial charge is 0.496 e. The van der Waals surface area contributed by atoms with E-state index in [1.165, 1.54) is 31.2 Å². The first kappa shape index (κ1) is 15.9. The number of rotatable bonds is 4. The van der Waals surface area contributed by atoms with Gasteiger partial charge in [-0.25, -0.2) is 0 Å². The van der Waals surface area contributed by atoms with Gasteiger partial charge in [0.25, 0.3) is 0 Å². The Morgan fingerprint density at radius 1 is 1.08 bits per heavy atom. The summed E-state index contributed by atoms with van der Waals surface area (Å²) < 4.78 is 5.46. The second kappa shape index (κ2) is 6.75. The number of ether oxygens (including phenoxy) is 1. The van der Waals surface area contributed by atoms with E-state index in [-0.39, 0.29) is 5.92 Å². The van der Waals surface area contributed by atoms with Crippen LogP contribution in [0.15, 0.2) is 24.3 Å². The first-order chi connectivity index (χ1) is 11.8. The summed E-state index contributed by atoms with van der Waals surface area (Å²) in [7, 11) is 1.71. The van der Waals surface area contributed by atoms with Crippen molar-refractivity contribution in [1.29, 1.82) is 0 Å². The van der Waals surface area contributed by atoms with Gasteiger partial charge in [-0.2, -0.15) is 0 Å². The van der Waals surface area contributed by atoms with Gasteiger partial charge in [0.1, 0.15) is 5.75 Å². The highest BCUT2D eigenvalue weighted by molar-refractivity contribution is 5.83. The molecule has 0 bridgehead atoms. The van der Waals surface area contributed by atoms with Crippen molar-refractivity contribution < 1.29 is 9.53 Å². The summed E-state index contributed by atoms with van der Waals surface area (Å²) in [5.41, 5.74) is 1.20. The number of hydrogen-bond donors (Lipinski definition) is 0. The Kier molecular flexibility index (Phi) is 4.49. The summed E-state index contributed by atoms with van der Waals surface area (Å²) >= 11 is 0. The van der Waals surface area contributed by atoms with Crippen LogP contribution in [0.2, 0.25) is 0 Å². The topological polar surface area (TPSA) is 32.8 Å². The fraction of sp³-hybridized carbons (Fsp3) is 0.650. The highest BCUT2D eigenvalue weighted by atomic mass is 16.5. The fourth-order valence-corrected chi connectivity index (χ4v) is 4.60. The number of benzene rings is 1. The van der Waals surface area contributed by atoms with Crippen molar-refractivity contribution in [3.05, 3.63) is 29.8 Å². The van der Waals surface area contributed by atoms with E-state index in [9.17, 15) is 4.79 Å². The molecule has 0 spiro atoms. The van der Waals surface area contributed by atoms with E-state index in [1.807, 2.05) is 18.2 Å². The second-order valence-corrected chi connectivity index (χ2v) is 7.49. The molecule has 4 rings (SSSR count). The van der Waals surface area contributed by atoms with E-state index in [4.69, 9.17) is 4.74 Å². The minimum absolute atomic E-state index is 0.166. The molecule has 0 unspecified atom stereocenters. The van der Waals surface area contributed by atoms with Gasteiger partial charge < -0.3 is 9.64 Å². The smallest absolute Gasteiger partial charge is 0.226 e. The summed E-state index contributed by atoms with van der Waals surface area (Å²) in [5.74, 6) is 1.79. The molecular formula is C20H28N2O2. The molecule has 24 heavy (non-hydrogen) atoms. The molecule has 2 aliphatic carbocycles. The zero-order valence-corrected chi connectivity index (χ0v) is 14.6. The van der Waals surface area contributed by atoms with Crippen LogP contribution in [0.5, 0.6) is 5.75 Å². The Bertz CT molecular complexity index is 589. The van der Waals surface area contributed by atoms with Gasteiger partial charge in [-0.05, 0) is 36.8 Å². The Morgan fingerprint density at radius 3 is 2.50 bits per heavy atom.